The molecule has 2 fully saturated rings. The third-order valence-corrected chi connectivity index (χ3v) is 5.15. The molecule has 3 amide bonds. The molecule has 2 aliphatic heterocycles. The minimum absolute atomic E-state index is 0.0733. The molecule has 1 aromatic rings. The molecule has 0 aliphatic carbocycles. The largest absolute Gasteiger partial charge is 0.468 e. The standard InChI is InChI=1S/C18H23N3O5/c1-3-18(12-7-5-4-6-8-12)16(24)21(17(25)19-18)11-20-10-13(22)9-14(20)15(23)26-2/h4-8,13-14,22H,3,9-11H2,1-2H3,(H,19,25)/t13-,14+,18-/m1/s1. The minimum Gasteiger partial charge on any atom is -0.468 e. The van der Waals surface area contributed by atoms with Crippen molar-refractivity contribution in [3.63, 3.8) is 0 Å². The molecule has 8 heteroatoms. The monoisotopic (exact) mass is 361 g/mol. The predicted molar refractivity (Wildman–Crippen MR) is 91.8 cm³/mol. The highest BCUT2D eigenvalue weighted by Crippen LogP contribution is 2.33. The number of carbonyl (C=O) groups is 3. The summed E-state index contributed by atoms with van der Waals surface area (Å²) in [6.07, 6.45) is -0.0837. The number of nitrogens with zero attached hydrogens (tertiary/aromatic N) is 2. The van der Waals surface area contributed by atoms with Gasteiger partial charge in [0.15, 0.2) is 0 Å². The summed E-state index contributed by atoms with van der Waals surface area (Å²) in [6, 6.07) is 7.91. The number of amides is 3. The molecule has 1 aromatic carbocycles. The van der Waals surface area contributed by atoms with E-state index in [1.54, 1.807) is 4.90 Å². The van der Waals surface area contributed by atoms with Crippen molar-refractivity contribution in [2.45, 2.75) is 37.5 Å². The topological polar surface area (TPSA) is 99.2 Å². The molecule has 0 saturated carbocycles. The highest BCUT2D eigenvalue weighted by molar-refractivity contribution is 6.07. The number of benzene rings is 1. The number of hydrogen-bond donors (Lipinski definition) is 2. The van der Waals surface area contributed by atoms with Gasteiger partial charge >= 0.3 is 12.0 Å². The molecular formula is C18H23N3O5. The second-order valence-corrected chi connectivity index (χ2v) is 6.63. The number of esters is 1. The molecule has 2 aliphatic rings. The van der Waals surface area contributed by atoms with Crippen molar-refractivity contribution in [3.8, 4) is 0 Å². The van der Waals surface area contributed by atoms with Crippen LogP contribution in [0.2, 0.25) is 0 Å². The second kappa shape index (κ2) is 7.05. The van der Waals surface area contributed by atoms with E-state index in [0.29, 0.717) is 12.0 Å². The van der Waals surface area contributed by atoms with Crippen molar-refractivity contribution < 1.29 is 24.2 Å². The van der Waals surface area contributed by atoms with Crippen molar-refractivity contribution in [1.29, 1.82) is 0 Å². The fourth-order valence-electron chi connectivity index (χ4n) is 3.72. The van der Waals surface area contributed by atoms with Crippen molar-refractivity contribution >= 4 is 17.9 Å². The van der Waals surface area contributed by atoms with Gasteiger partial charge in [-0.3, -0.25) is 14.5 Å². The van der Waals surface area contributed by atoms with E-state index in [9.17, 15) is 19.5 Å². The number of nitrogens with one attached hydrogen (secondary N) is 1. The zero-order chi connectivity index (χ0) is 18.9. The number of aliphatic hydroxyl groups is 1. The molecule has 0 spiro atoms. The molecule has 0 radical (unpaired) electrons. The number of urea groups is 1. The second-order valence-electron chi connectivity index (χ2n) is 6.63. The SMILES string of the molecule is CC[C@]1(c2ccccc2)NC(=O)N(CN2C[C@H](O)C[C@H]2C(=O)OC)C1=O. The lowest BCUT2D eigenvalue weighted by atomic mass is 9.87. The lowest BCUT2D eigenvalue weighted by Crippen LogP contribution is -2.48. The van der Waals surface area contributed by atoms with E-state index in [4.69, 9.17) is 4.74 Å². The maximum absolute atomic E-state index is 13.1. The Kier molecular flexibility index (Phi) is 4.97. The number of aliphatic hydroxyl groups excluding tert-OH is 1. The predicted octanol–water partition coefficient (Wildman–Crippen LogP) is 0.409. The van der Waals surface area contributed by atoms with Crippen LogP contribution in [0.15, 0.2) is 30.3 Å². The molecule has 0 unspecified atom stereocenters. The summed E-state index contributed by atoms with van der Waals surface area (Å²) in [5.74, 6) is -0.848. The minimum atomic E-state index is -1.11. The highest BCUT2D eigenvalue weighted by atomic mass is 16.5. The Morgan fingerprint density at radius 3 is 2.65 bits per heavy atom. The lowest BCUT2D eigenvalue weighted by molar-refractivity contribution is -0.147. The molecule has 26 heavy (non-hydrogen) atoms. The summed E-state index contributed by atoms with van der Waals surface area (Å²) in [4.78, 5) is 40.3. The van der Waals surface area contributed by atoms with Gasteiger partial charge in [0.1, 0.15) is 11.6 Å². The normalized spacial score (nSPS) is 29.1. The number of ether oxygens (including phenoxy) is 1. The molecule has 2 saturated heterocycles. The molecule has 2 heterocycles. The fraction of sp³-hybridized carbons (Fsp3) is 0.500. The van der Waals surface area contributed by atoms with Gasteiger partial charge < -0.3 is 15.2 Å². The number of methoxy groups -OCH3 is 1. The van der Waals surface area contributed by atoms with Gasteiger partial charge in [-0.1, -0.05) is 37.3 Å². The van der Waals surface area contributed by atoms with E-state index in [1.165, 1.54) is 7.11 Å². The molecule has 3 rings (SSSR count). The van der Waals surface area contributed by atoms with Crippen LogP contribution in [-0.4, -0.2) is 65.3 Å². The Labute approximate surface area is 151 Å². The van der Waals surface area contributed by atoms with E-state index in [1.807, 2.05) is 37.3 Å². The molecule has 0 bridgehead atoms. The summed E-state index contributed by atoms with van der Waals surface area (Å²) in [6.45, 7) is 1.96. The summed E-state index contributed by atoms with van der Waals surface area (Å²) < 4.78 is 4.77. The smallest absolute Gasteiger partial charge is 0.326 e. The first-order valence-electron chi connectivity index (χ1n) is 8.62. The number of β-amino-alcohol motifs (C(OH)–C–C–N with tert-alkyl or cyclic N) is 1. The Balaban J connectivity index is 1.84. The Morgan fingerprint density at radius 1 is 1.35 bits per heavy atom. The third-order valence-electron chi connectivity index (χ3n) is 5.15. The third kappa shape index (κ3) is 2.95. The van der Waals surface area contributed by atoms with Gasteiger partial charge in [-0.15, -0.1) is 0 Å². The van der Waals surface area contributed by atoms with Crippen LogP contribution in [0.1, 0.15) is 25.3 Å². The van der Waals surface area contributed by atoms with Crippen molar-refractivity contribution in [2.75, 3.05) is 20.3 Å². The first kappa shape index (κ1) is 18.3. The van der Waals surface area contributed by atoms with Crippen LogP contribution in [0.4, 0.5) is 4.79 Å². The summed E-state index contributed by atoms with van der Waals surface area (Å²) in [7, 11) is 1.27. The van der Waals surface area contributed by atoms with Crippen LogP contribution in [-0.2, 0) is 19.9 Å². The van der Waals surface area contributed by atoms with Crippen LogP contribution in [0.3, 0.4) is 0 Å². The van der Waals surface area contributed by atoms with Crippen LogP contribution in [0.25, 0.3) is 0 Å². The lowest BCUT2D eigenvalue weighted by Gasteiger charge is -2.28. The molecule has 2 N–H and O–H groups in total. The molecule has 140 valence electrons. The van der Waals surface area contributed by atoms with E-state index in [-0.39, 0.29) is 25.5 Å². The van der Waals surface area contributed by atoms with Gasteiger partial charge in [0.05, 0.1) is 19.9 Å². The first-order valence-corrected chi connectivity index (χ1v) is 8.62. The number of rotatable bonds is 5. The van der Waals surface area contributed by atoms with E-state index in [0.717, 1.165) is 4.90 Å². The maximum Gasteiger partial charge on any atom is 0.326 e. The van der Waals surface area contributed by atoms with E-state index < -0.39 is 29.7 Å². The van der Waals surface area contributed by atoms with Gasteiger partial charge in [-0.05, 0) is 12.0 Å². The molecule has 3 atom stereocenters. The maximum atomic E-state index is 13.1. The van der Waals surface area contributed by atoms with Gasteiger partial charge in [0, 0.05) is 13.0 Å². The average molecular weight is 361 g/mol. The van der Waals surface area contributed by atoms with Gasteiger partial charge in [0.25, 0.3) is 5.91 Å². The molecule has 0 aromatic heterocycles. The van der Waals surface area contributed by atoms with Crippen molar-refractivity contribution in [2.24, 2.45) is 0 Å². The number of likely N-dealkylation sites (tertiary alicyclic amines) is 1. The average Bonchev–Trinajstić information content (AvgIpc) is 3.14. The first-order chi connectivity index (χ1) is 12.4. The Bertz CT molecular complexity index is 710. The van der Waals surface area contributed by atoms with Gasteiger partial charge in [-0.25, -0.2) is 9.69 Å². The molecule has 8 nitrogen and oxygen atoms in total. The number of hydrogen-bond acceptors (Lipinski definition) is 6. The Hall–Kier alpha value is -2.45. The van der Waals surface area contributed by atoms with Crippen molar-refractivity contribution in [1.82, 2.24) is 15.1 Å². The van der Waals surface area contributed by atoms with Crippen LogP contribution >= 0.6 is 0 Å². The van der Waals surface area contributed by atoms with Crippen molar-refractivity contribution in [3.05, 3.63) is 35.9 Å². The van der Waals surface area contributed by atoms with E-state index in [2.05, 4.69) is 5.32 Å². The number of imide groups is 1. The van der Waals surface area contributed by atoms with Crippen LogP contribution < -0.4 is 5.32 Å². The zero-order valence-electron chi connectivity index (χ0n) is 14.8. The van der Waals surface area contributed by atoms with E-state index >= 15 is 0 Å². The molecular weight excluding hydrogens is 338 g/mol. The Morgan fingerprint density at radius 2 is 2.04 bits per heavy atom. The fourth-order valence-corrected chi connectivity index (χ4v) is 3.72. The number of carbonyl (C=O) groups excluding carboxylic acids is 3. The van der Waals surface area contributed by atoms with Gasteiger partial charge in [0.2, 0.25) is 0 Å². The summed E-state index contributed by atoms with van der Waals surface area (Å²) in [5, 5.41) is 12.7. The van der Waals surface area contributed by atoms with Crippen LogP contribution in [0, 0.1) is 0 Å². The quantitative estimate of drug-likeness (QED) is 0.582. The highest BCUT2D eigenvalue weighted by Gasteiger charge is 2.52. The van der Waals surface area contributed by atoms with Crippen LogP contribution in [0.5, 0.6) is 0 Å². The van der Waals surface area contributed by atoms with Gasteiger partial charge in [-0.2, -0.15) is 0 Å². The summed E-state index contributed by atoms with van der Waals surface area (Å²) in [5.41, 5.74) is -0.397. The zero-order valence-corrected chi connectivity index (χ0v) is 14.8. The summed E-state index contributed by atoms with van der Waals surface area (Å²) >= 11 is 0.